The van der Waals surface area contributed by atoms with Crippen molar-refractivity contribution in [2.24, 2.45) is 0 Å². The van der Waals surface area contributed by atoms with Crippen LogP contribution in [0.1, 0.15) is 29.1 Å². The van der Waals surface area contributed by atoms with E-state index in [1.807, 2.05) is 13.8 Å². The van der Waals surface area contributed by atoms with E-state index in [1.54, 1.807) is 10.9 Å². The van der Waals surface area contributed by atoms with Gasteiger partial charge in [0.15, 0.2) is 0 Å². The van der Waals surface area contributed by atoms with E-state index >= 15 is 0 Å². The predicted molar refractivity (Wildman–Crippen MR) is 61.1 cm³/mol. The topological polar surface area (TPSA) is 94.0 Å². The average molecular weight is 250 g/mol. The third-order valence-corrected chi connectivity index (χ3v) is 2.68. The van der Waals surface area contributed by atoms with Crippen LogP contribution in [0.15, 0.2) is 10.7 Å². The maximum absolute atomic E-state index is 10.4. The van der Waals surface area contributed by atoms with Gasteiger partial charge in [0.05, 0.1) is 24.4 Å². The van der Waals surface area contributed by atoms with Crippen molar-refractivity contribution >= 4 is 5.97 Å². The maximum atomic E-state index is 10.4. The van der Waals surface area contributed by atoms with Gasteiger partial charge >= 0.3 is 5.97 Å². The van der Waals surface area contributed by atoms with Crippen molar-refractivity contribution in [3.05, 3.63) is 28.9 Å². The van der Waals surface area contributed by atoms with Crippen molar-refractivity contribution in [3.63, 3.8) is 0 Å². The summed E-state index contributed by atoms with van der Waals surface area (Å²) in [5, 5.41) is 20.3. The van der Waals surface area contributed by atoms with Crippen LogP contribution >= 0.6 is 0 Å². The van der Waals surface area contributed by atoms with Crippen molar-refractivity contribution in [1.82, 2.24) is 20.2 Å². The van der Waals surface area contributed by atoms with E-state index in [9.17, 15) is 4.79 Å². The molecule has 0 aliphatic rings. The van der Waals surface area contributed by atoms with Crippen LogP contribution in [0, 0.1) is 13.8 Å². The number of hydrogen-bond donors (Lipinski definition) is 1. The molecular formula is C11H14N4O3. The standard InChI is InChI=1S/C11H14N4O3/c1-7-10(8(2)18-13-7)6-15-5-9(12-14-15)3-4-11(16)17/h5H,3-4,6H2,1-2H3,(H,16,17). The fraction of sp³-hybridized carbons (Fsp3) is 0.455. The molecule has 0 radical (unpaired) electrons. The van der Waals surface area contributed by atoms with Crippen molar-refractivity contribution in [2.45, 2.75) is 33.2 Å². The Balaban J connectivity index is 2.05. The van der Waals surface area contributed by atoms with Crippen LogP contribution in [-0.2, 0) is 17.8 Å². The molecule has 18 heavy (non-hydrogen) atoms. The molecular weight excluding hydrogens is 236 g/mol. The minimum absolute atomic E-state index is 0.0595. The lowest BCUT2D eigenvalue weighted by Gasteiger charge is -1.98. The highest BCUT2D eigenvalue weighted by atomic mass is 16.5. The van der Waals surface area contributed by atoms with Gasteiger partial charge in [0.25, 0.3) is 0 Å². The molecule has 2 heterocycles. The highest BCUT2D eigenvalue weighted by Gasteiger charge is 2.11. The third kappa shape index (κ3) is 2.73. The van der Waals surface area contributed by atoms with E-state index in [4.69, 9.17) is 9.63 Å². The maximum Gasteiger partial charge on any atom is 0.303 e. The summed E-state index contributed by atoms with van der Waals surface area (Å²) in [5.41, 5.74) is 2.48. The number of aliphatic carboxylic acids is 1. The largest absolute Gasteiger partial charge is 0.481 e. The summed E-state index contributed by atoms with van der Waals surface area (Å²) in [6.45, 7) is 4.24. The molecule has 0 aromatic carbocycles. The van der Waals surface area contributed by atoms with Crippen LogP contribution in [0.5, 0.6) is 0 Å². The summed E-state index contributed by atoms with van der Waals surface area (Å²) in [4.78, 5) is 10.4. The van der Waals surface area contributed by atoms with Gasteiger partial charge in [0.2, 0.25) is 0 Å². The molecule has 0 aliphatic carbocycles. The summed E-state index contributed by atoms with van der Waals surface area (Å²) in [6.07, 6.45) is 2.19. The minimum atomic E-state index is -0.838. The van der Waals surface area contributed by atoms with Gasteiger partial charge in [0, 0.05) is 18.2 Å². The molecule has 0 aliphatic heterocycles. The second-order valence-corrected chi connectivity index (χ2v) is 4.10. The first-order valence-corrected chi connectivity index (χ1v) is 5.59. The first kappa shape index (κ1) is 12.3. The van der Waals surface area contributed by atoms with Crippen LogP contribution in [-0.4, -0.2) is 31.2 Å². The zero-order chi connectivity index (χ0) is 13.1. The van der Waals surface area contributed by atoms with Crippen LogP contribution in [0.4, 0.5) is 0 Å². The molecule has 2 aromatic heterocycles. The zero-order valence-corrected chi connectivity index (χ0v) is 10.3. The van der Waals surface area contributed by atoms with Gasteiger partial charge in [0.1, 0.15) is 5.76 Å². The molecule has 7 heteroatoms. The van der Waals surface area contributed by atoms with Crippen LogP contribution < -0.4 is 0 Å². The Morgan fingerprint density at radius 2 is 2.28 bits per heavy atom. The summed E-state index contributed by atoms with van der Waals surface area (Å²) in [7, 11) is 0. The lowest BCUT2D eigenvalue weighted by Crippen LogP contribution is -2.02. The van der Waals surface area contributed by atoms with Gasteiger partial charge in [-0.25, -0.2) is 4.68 Å². The molecule has 7 nitrogen and oxygen atoms in total. The Bertz CT molecular complexity index is 539. The molecule has 96 valence electrons. The van der Waals surface area contributed by atoms with Crippen LogP contribution in [0.3, 0.4) is 0 Å². The molecule has 0 saturated carbocycles. The van der Waals surface area contributed by atoms with E-state index in [1.165, 1.54) is 0 Å². The lowest BCUT2D eigenvalue weighted by atomic mass is 10.2. The van der Waals surface area contributed by atoms with Gasteiger partial charge in [-0.2, -0.15) is 0 Å². The molecule has 0 saturated heterocycles. The van der Waals surface area contributed by atoms with Crippen molar-refractivity contribution < 1.29 is 14.4 Å². The van der Waals surface area contributed by atoms with E-state index in [0.717, 1.165) is 17.0 Å². The highest BCUT2D eigenvalue weighted by Crippen LogP contribution is 2.13. The zero-order valence-electron chi connectivity index (χ0n) is 10.3. The van der Waals surface area contributed by atoms with E-state index in [2.05, 4.69) is 15.5 Å². The number of aryl methyl sites for hydroxylation is 3. The Hall–Kier alpha value is -2.18. The van der Waals surface area contributed by atoms with Crippen molar-refractivity contribution in [2.75, 3.05) is 0 Å². The normalized spacial score (nSPS) is 10.8. The lowest BCUT2D eigenvalue weighted by molar-refractivity contribution is -0.136. The molecule has 0 spiro atoms. The SMILES string of the molecule is Cc1noc(C)c1Cn1cc(CCC(=O)O)nn1. The minimum Gasteiger partial charge on any atom is -0.481 e. The Kier molecular flexibility index (Phi) is 3.40. The predicted octanol–water partition coefficient (Wildman–Crippen LogP) is 0.948. The first-order chi connectivity index (χ1) is 8.56. The number of rotatable bonds is 5. The Morgan fingerprint density at radius 3 is 2.89 bits per heavy atom. The molecule has 0 fully saturated rings. The van der Waals surface area contributed by atoms with E-state index < -0.39 is 5.97 Å². The van der Waals surface area contributed by atoms with Gasteiger partial charge in [-0.05, 0) is 13.8 Å². The molecule has 0 unspecified atom stereocenters. The molecule has 2 rings (SSSR count). The number of hydrogen-bond acceptors (Lipinski definition) is 5. The van der Waals surface area contributed by atoms with Gasteiger partial charge < -0.3 is 9.63 Å². The summed E-state index contributed by atoms with van der Waals surface area (Å²) in [6, 6.07) is 0. The van der Waals surface area contributed by atoms with Crippen molar-refractivity contribution in [3.8, 4) is 0 Å². The average Bonchev–Trinajstić information content (AvgIpc) is 2.88. The highest BCUT2D eigenvalue weighted by molar-refractivity contribution is 5.66. The van der Waals surface area contributed by atoms with E-state index in [-0.39, 0.29) is 6.42 Å². The molecule has 0 amide bonds. The number of nitrogens with zero attached hydrogens (tertiary/aromatic N) is 4. The second kappa shape index (κ2) is 4.99. The Labute approximate surface area is 103 Å². The number of carboxylic acid groups (broad SMARTS) is 1. The molecule has 0 bridgehead atoms. The molecule has 0 atom stereocenters. The van der Waals surface area contributed by atoms with Gasteiger partial charge in [-0.1, -0.05) is 10.4 Å². The van der Waals surface area contributed by atoms with Gasteiger partial charge in [-0.15, -0.1) is 5.10 Å². The van der Waals surface area contributed by atoms with E-state index in [0.29, 0.717) is 18.7 Å². The molecule has 2 aromatic rings. The summed E-state index contributed by atoms with van der Waals surface area (Å²) in [5.74, 6) is -0.0784. The number of aromatic nitrogens is 4. The number of carboxylic acids is 1. The summed E-state index contributed by atoms with van der Waals surface area (Å²) < 4.78 is 6.72. The van der Waals surface area contributed by atoms with Crippen LogP contribution in [0.2, 0.25) is 0 Å². The number of carbonyl (C=O) groups is 1. The second-order valence-electron chi connectivity index (χ2n) is 4.10. The first-order valence-electron chi connectivity index (χ1n) is 5.59. The third-order valence-electron chi connectivity index (χ3n) is 2.68. The summed E-state index contributed by atoms with van der Waals surface area (Å²) >= 11 is 0. The Morgan fingerprint density at radius 1 is 1.50 bits per heavy atom. The van der Waals surface area contributed by atoms with Crippen molar-refractivity contribution in [1.29, 1.82) is 0 Å². The van der Waals surface area contributed by atoms with Crippen LogP contribution in [0.25, 0.3) is 0 Å². The quantitative estimate of drug-likeness (QED) is 0.849. The fourth-order valence-corrected chi connectivity index (χ4v) is 1.65. The monoisotopic (exact) mass is 250 g/mol. The van der Waals surface area contributed by atoms with Gasteiger partial charge in [-0.3, -0.25) is 4.79 Å². The smallest absolute Gasteiger partial charge is 0.303 e. The molecule has 1 N–H and O–H groups in total. The fourth-order valence-electron chi connectivity index (χ4n) is 1.65.